The van der Waals surface area contributed by atoms with Gasteiger partial charge in [-0.15, -0.1) is 0 Å². The molecular weight excluding hydrogens is 710 g/mol. The summed E-state index contributed by atoms with van der Waals surface area (Å²) in [6.07, 6.45) is -16.9. The standard InChI is InChI=1S/C34H41NO18/c1-16(36)43-14-25-27(45-17(2)37)29(47-19(4)39)31(49-21(6)41)33(52-25)44-15-26-28(46-18(3)38)30(48-20(5)40)32(50-22(7)42)34(53-26)51-24(13-35)23-11-9-8-10-12-23/h8-12,24-34H,14-15H2,1-7H3/t24-,25+,26+,27+,28-,29-,30-,31+,32-,33+,34+/m1/s1. The van der Waals surface area contributed by atoms with Crippen LogP contribution in [0.4, 0.5) is 0 Å². The first-order valence-corrected chi connectivity index (χ1v) is 16.2. The molecule has 2 aliphatic rings. The molecule has 2 saturated heterocycles. The third-order valence-electron chi connectivity index (χ3n) is 7.36. The SMILES string of the molecule is CC(=O)OC[C@@H]1O[C@H](OC[C@@H]2O[C@H](O[C@H](C#N)c3ccccc3)[C@H](OC(C)=O)[C@H](OC(C)=O)[C@@H]2OC(C)=O)[C@@H](OC(C)=O)[C@H](OC(C)=O)[C@H]1OC(C)=O. The lowest BCUT2D eigenvalue weighted by atomic mass is 9.97. The minimum atomic E-state index is -1.69. The van der Waals surface area contributed by atoms with E-state index in [2.05, 4.69) is 0 Å². The highest BCUT2D eigenvalue weighted by Gasteiger charge is 2.56. The van der Waals surface area contributed by atoms with Crippen LogP contribution in [0.2, 0.25) is 0 Å². The van der Waals surface area contributed by atoms with E-state index in [1.54, 1.807) is 30.3 Å². The largest absolute Gasteiger partial charge is 0.463 e. The van der Waals surface area contributed by atoms with E-state index in [4.69, 9.17) is 52.1 Å². The Morgan fingerprint density at radius 3 is 1.40 bits per heavy atom. The van der Waals surface area contributed by atoms with Crippen LogP contribution in [0.15, 0.2) is 30.3 Å². The predicted molar refractivity (Wildman–Crippen MR) is 169 cm³/mol. The van der Waals surface area contributed by atoms with E-state index in [0.717, 1.165) is 48.5 Å². The van der Waals surface area contributed by atoms with Crippen LogP contribution in [0, 0.1) is 11.3 Å². The van der Waals surface area contributed by atoms with Crippen LogP contribution in [0.1, 0.15) is 60.1 Å². The smallest absolute Gasteiger partial charge is 0.303 e. The van der Waals surface area contributed by atoms with Gasteiger partial charge in [0.2, 0.25) is 6.29 Å². The first kappa shape index (κ1) is 42.3. The lowest BCUT2D eigenvalue weighted by Crippen LogP contribution is -2.65. The van der Waals surface area contributed by atoms with Gasteiger partial charge in [0.05, 0.1) is 12.7 Å². The number of ether oxygens (including phenoxy) is 11. The lowest BCUT2D eigenvalue weighted by Gasteiger charge is -2.46. The summed E-state index contributed by atoms with van der Waals surface area (Å²) >= 11 is 0. The Bertz CT molecular complexity index is 1530. The third-order valence-corrected chi connectivity index (χ3v) is 7.36. The number of nitrogens with zero attached hydrogens (tertiary/aromatic N) is 1. The third kappa shape index (κ3) is 12.5. The Hall–Kier alpha value is -5.16. The van der Waals surface area contributed by atoms with Crippen molar-refractivity contribution < 1.29 is 85.7 Å². The second kappa shape index (κ2) is 19.6. The molecule has 0 bridgehead atoms. The van der Waals surface area contributed by atoms with Crippen molar-refractivity contribution >= 4 is 41.8 Å². The molecule has 0 N–H and O–H groups in total. The van der Waals surface area contributed by atoms with Gasteiger partial charge >= 0.3 is 41.8 Å². The number of carbonyl (C=O) groups is 7. The van der Waals surface area contributed by atoms with E-state index < -0.39 is 123 Å². The highest BCUT2D eigenvalue weighted by Crippen LogP contribution is 2.35. The fourth-order valence-electron chi connectivity index (χ4n) is 5.56. The molecule has 19 heteroatoms. The lowest BCUT2D eigenvalue weighted by molar-refractivity contribution is -0.337. The average molecular weight is 752 g/mol. The van der Waals surface area contributed by atoms with Gasteiger partial charge in [-0.05, 0) is 5.56 Å². The van der Waals surface area contributed by atoms with Crippen molar-refractivity contribution in [2.75, 3.05) is 13.2 Å². The summed E-state index contributed by atoms with van der Waals surface area (Å²) in [6, 6.07) is 10.2. The zero-order chi connectivity index (χ0) is 39.4. The fraction of sp³-hybridized carbons (Fsp3) is 0.588. The van der Waals surface area contributed by atoms with Crippen molar-refractivity contribution in [3.8, 4) is 6.07 Å². The minimum Gasteiger partial charge on any atom is -0.463 e. The molecular formula is C34H41NO18. The highest BCUT2D eigenvalue weighted by atomic mass is 16.8. The molecule has 1 aromatic rings. The van der Waals surface area contributed by atoms with Crippen LogP contribution in [0.3, 0.4) is 0 Å². The Morgan fingerprint density at radius 2 is 0.962 bits per heavy atom. The molecule has 0 unspecified atom stereocenters. The summed E-state index contributed by atoms with van der Waals surface area (Å²) in [5.74, 6) is -6.00. The Balaban J connectivity index is 2.08. The molecule has 0 amide bonds. The highest BCUT2D eigenvalue weighted by molar-refractivity contribution is 5.69. The van der Waals surface area contributed by atoms with E-state index in [1.165, 1.54) is 0 Å². The molecule has 53 heavy (non-hydrogen) atoms. The van der Waals surface area contributed by atoms with Gasteiger partial charge in [0.15, 0.2) is 49.0 Å². The van der Waals surface area contributed by atoms with Crippen molar-refractivity contribution in [3.63, 3.8) is 0 Å². The zero-order valence-corrected chi connectivity index (χ0v) is 29.9. The molecule has 0 spiro atoms. The number of hydrogen-bond donors (Lipinski definition) is 0. The van der Waals surface area contributed by atoms with Crippen LogP contribution < -0.4 is 0 Å². The Kier molecular flexibility index (Phi) is 15.6. The molecule has 1 aromatic carbocycles. The topological polar surface area (TPSA) is 245 Å². The van der Waals surface area contributed by atoms with Gasteiger partial charge < -0.3 is 52.1 Å². The monoisotopic (exact) mass is 751 g/mol. The molecule has 2 fully saturated rings. The van der Waals surface area contributed by atoms with Crippen LogP contribution in [0.25, 0.3) is 0 Å². The van der Waals surface area contributed by atoms with Crippen molar-refractivity contribution in [3.05, 3.63) is 35.9 Å². The number of carbonyl (C=O) groups excluding carboxylic acids is 7. The van der Waals surface area contributed by atoms with E-state index >= 15 is 0 Å². The number of esters is 7. The molecule has 0 aromatic heterocycles. The van der Waals surface area contributed by atoms with E-state index in [-0.39, 0.29) is 0 Å². The predicted octanol–water partition coefficient (Wildman–Crippen LogP) is 0.888. The van der Waals surface area contributed by atoms with Crippen molar-refractivity contribution in [2.45, 2.75) is 116 Å². The van der Waals surface area contributed by atoms with Gasteiger partial charge in [0.1, 0.15) is 18.8 Å². The van der Waals surface area contributed by atoms with Gasteiger partial charge in [-0.3, -0.25) is 33.6 Å². The molecule has 11 atom stereocenters. The molecule has 0 saturated carbocycles. The maximum Gasteiger partial charge on any atom is 0.303 e. The van der Waals surface area contributed by atoms with Crippen molar-refractivity contribution in [1.82, 2.24) is 0 Å². The van der Waals surface area contributed by atoms with Crippen LogP contribution in [-0.4, -0.2) is 116 Å². The molecule has 0 radical (unpaired) electrons. The van der Waals surface area contributed by atoms with Gasteiger partial charge in [0, 0.05) is 48.5 Å². The minimum absolute atomic E-state index is 0.386. The number of hydrogen-bond acceptors (Lipinski definition) is 19. The summed E-state index contributed by atoms with van der Waals surface area (Å²) in [4.78, 5) is 85.3. The maximum atomic E-state index is 12.4. The molecule has 0 aliphatic carbocycles. The van der Waals surface area contributed by atoms with Crippen LogP contribution >= 0.6 is 0 Å². The Morgan fingerprint density at radius 1 is 0.566 bits per heavy atom. The van der Waals surface area contributed by atoms with Crippen molar-refractivity contribution in [2.24, 2.45) is 0 Å². The second-order valence-electron chi connectivity index (χ2n) is 11.7. The van der Waals surface area contributed by atoms with Gasteiger partial charge in [-0.25, -0.2) is 0 Å². The number of benzene rings is 1. The Labute approximate surface area is 303 Å². The normalized spacial score (nSPS) is 28.5. The number of nitriles is 1. The summed E-state index contributed by atoms with van der Waals surface area (Å²) in [5, 5.41) is 9.99. The van der Waals surface area contributed by atoms with Crippen LogP contribution in [-0.2, 0) is 85.7 Å². The van der Waals surface area contributed by atoms with E-state index in [9.17, 15) is 38.8 Å². The van der Waals surface area contributed by atoms with Gasteiger partial charge in [-0.1, -0.05) is 30.3 Å². The van der Waals surface area contributed by atoms with Gasteiger partial charge in [0.25, 0.3) is 0 Å². The summed E-state index contributed by atoms with van der Waals surface area (Å²) in [5.41, 5.74) is 0.386. The maximum absolute atomic E-state index is 12.4. The van der Waals surface area contributed by atoms with Gasteiger partial charge in [-0.2, -0.15) is 5.26 Å². The molecule has 2 aliphatic heterocycles. The summed E-state index contributed by atoms with van der Waals surface area (Å²) in [6.45, 7) is 6.18. The summed E-state index contributed by atoms with van der Waals surface area (Å²) in [7, 11) is 0. The van der Waals surface area contributed by atoms with Crippen LogP contribution in [0.5, 0.6) is 0 Å². The van der Waals surface area contributed by atoms with Crippen molar-refractivity contribution in [1.29, 1.82) is 5.26 Å². The summed E-state index contributed by atoms with van der Waals surface area (Å²) < 4.78 is 61.9. The molecule has 2 heterocycles. The average Bonchev–Trinajstić information content (AvgIpc) is 3.05. The first-order valence-electron chi connectivity index (χ1n) is 16.2. The second-order valence-corrected chi connectivity index (χ2v) is 11.7. The van der Waals surface area contributed by atoms with E-state index in [1.807, 2.05) is 6.07 Å². The van der Waals surface area contributed by atoms with E-state index in [0.29, 0.717) is 5.56 Å². The number of rotatable bonds is 14. The molecule has 290 valence electrons. The first-order chi connectivity index (χ1) is 25.0. The zero-order valence-electron chi connectivity index (χ0n) is 29.9. The molecule has 19 nitrogen and oxygen atoms in total. The quantitative estimate of drug-likeness (QED) is 0.189. The molecule has 3 rings (SSSR count). The fourth-order valence-corrected chi connectivity index (χ4v) is 5.56.